The predicted octanol–water partition coefficient (Wildman–Crippen LogP) is 6.82. The van der Waals surface area contributed by atoms with Crippen LogP contribution in [0, 0.1) is 5.92 Å². The Labute approximate surface area is 153 Å². The van der Waals surface area contributed by atoms with Crippen molar-refractivity contribution in [3.63, 3.8) is 0 Å². The van der Waals surface area contributed by atoms with Gasteiger partial charge in [-0.05, 0) is 50.2 Å². The Hall–Kier alpha value is -0.870. The van der Waals surface area contributed by atoms with E-state index in [9.17, 15) is 4.79 Å². The molecule has 0 aromatic carbocycles. The molecule has 0 amide bonds. The molecule has 2 heterocycles. The van der Waals surface area contributed by atoms with Crippen LogP contribution in [0.25, 0.3) is 9.40 Å². The van der Waals surface area contributed by atoms with Crippen molar-refractivity contribution in [3.8, 4) is 0 Å². The number of hydrogen-bond acceptors (Lipinski definition) is 4. The van der Waals surface area contributed by atoms with Gasteiger partial charge in [-0.2, -0.15) is 0 Å². The van der Waals surface area contributed by atoms with E-state index in [2.05, 4.69) is 19.9 Å². The normalized spacial score (nSPS) is 21.2. The largest absolute Gasteiger partial charge is 0.458 e. The molecule has 1 aliphatic rings. The number of ether oxygens (including phenoxy) is 1. The summed E-state index contributed by atoms with van der Waals surface area (Å²) in [5, 5.41) is 0. The molecule has 132 valence electrons. The van der Waals surface area contributed by atoms with Gasteiger partial charge in [0.15, 0.2) is 0 Å². The Bertz CT molecular complexity index is 631. The van der Waals surface area contributed by atoms with Crippen molar-refractivity contribution in [2.75, 3.05) is 0 Å². The van der Waals surface area contributed by atoms with Crippen molar-refractivity contribution in [2.45, 2.75) is 77.7 Å². The van der Waals surface area contributed by atoms with Gasteiger partial charge < -0.3 is 4.74 Å². The topological polar surface area (TPSA) is 26.3 Å². The third kappa shape index (κ3) is 4.40. The third-order valence-corrected chi connectivity index (χ3v) is 7.32. The maximum Gasteiger partial charge on any atom is 0.348 e. The molecule has 0 radical (unpaired) electrons. The van der Waals surface area contributed by atoms with E-state index in [-0.39, 0.29) is 12.1 Å². The Morgan fingerprint density at radius 3 is 2.50 bits per heavy atom. The molecule has 2 nitrogen and oxygen atoms in total. The predicted molar refractivity (Wildman–Crippen MR) is 104 cm³/mol. The zero-order valence-corrected chi connectivity index (χ0v) is 16.4. The summed E-state index contributed by atoms with van der Waals surface area (Å²) in [7, 11) is 0. The highest BCUT2D eigenvalue weighted by atomic mass is 32.1. The fraction of sp³-hybridized carbons (Fsp3) is 0.650. The number of carbonyl (C=O) groups is 1. The number of fused-ring (bicyclic) bond motifs is 1. The van der Waals surface area contributed by atoms with E-state index in [1.165, 1.54) is 52.8 Å². The molecule has 0 aliphatic heterocycles. The van der Waals surface area contributed by atoms with Crippen LogP contribution < -0.4 is 0 Å². The lowest BCUT2D eigenvalue weighted by Crippen LogP contribution is -2.24. The molecular formula is C20H28O2S2. The molecule has 24 heavy (non-hydrogen) atoms. The summed E-state index contributed by atoms with van der Waals surface area (Å²) in [4.78, 5) is 14.6. The van der Waals surface area contributed by atoms with E-state index in [4.69, 9.17) is 4.74 Å². The maximum absolute atomic E-state index is 12.4. The van der Waals surface area contributed by atoms with Crippen LogP contribution in [0.1, 0.15) is 79.8 Å². The van der Waals surface area contributed by atoms with Crippen LogP contribution >= 0.6 is 22.7 Å². The molecule has 1 aliphatic carbocycles. The lowest BCUT2D eigenvalue weighted by atomic mass is 9.84. The molecule has 2 aromatic rings. The van der Waals surface area contributed by atoms with E-state index in [0.717, 1.165) is 30.1 Å². The quantitative estimate of drug-likeness (QED) is 0.504. The van der Waals surface area contributed by atoms with E-state index in [0.29, 0.717) is 0 Å². The zero-order chi connectivity index (χ0) is 16.9. The van der Waals surface area contributed by atoms with Crippen LogP contribution in [-0.2, 0) is 11.2 Å². The minimum absolute atomic E-state index is 0.113. The molecule has 1 saturated carbocycles. The average Bonchev–Trinajstić information content (AvgIpc) is 3.13. The van der Waals surface area contributed by atoms with Gasteiger partial charge in [0.05, 0.1) is 0 Å². The number of thiophene rings is 2. The maximum atomic E-state index is 12.4. The zero-order valence-electron chi connectivity index (χ0n) is 14.8. The smallest absolute Gasteiger partial charge is 0.348 e. The first-order valence-electron chi connectivity index (χ1n) is 9.42. The second kappa shape index (κ2) is 8.48. The van der Waals surface area contributed by atoms with Gasteiger partial charge in [0.2, 0.25) is 0 Å². The number of hydrogen-bond donors (Lipinski definition) is 0. The van der Waals surface area contributed by atoms with Gasteiger partial charge in [-0.3, -0.25) is 0 Å². The minimum atomic E-state index is -0.113. The highest BCUT2D eigenvalue weighted by molar-refractivity contribution is 7.28. The molecule has 0 unspecified atom stereocenters. The second-order valence-electron chi connectivity index (χ2n) is 6.99. The lowest BCUT2D eigenvalue weighted by Gasteiger charge is -2.28. The number of aryl methyl sites for hydroxylation is 1. The summed E-state index contributed by atoms with van der Waals surface area (Å²) in [6.07, 6.45) is 10.9. The summed E-state index contributed by atoms with van der Waals surface area (Å²) < 4.78 is 8.25. The summed E-state index contributed by atoms with van der Waals surface area (Å²) in [6.45, 7) is 4.46. The SMILES string of the molecule is CCCCC1CCC(OC(=O)c2cc3sc(CCC)cc3s2)CC1. The first kappa shape index (κ1) is 17.9. The second-order valence-corrected chi connectivity index (χ2v) is 9.24. The Kier molecular flexibility index (Phi) is 6.34. The van der Waals surface area contributed by atoms with E-state index >= 15 is 0 Å². The average molecular weight is 365 g/mol. The molecule has 4 heteroatoms. The molecule has 0 bridgehead atoms. The van der Waals surface area contributed by atoms with E-state index in [1.54, 1.807) is 11.3 Å². The summed E-state index contributed by atoms with van der Waals surface area (Å²) >= 11 is 3.40. The molecule has 2 aromatic heterocycles. The molecule has 0 spiro atoms. The van der Waals surface area contributed by atoms with Crippen LogP contribution in [-0.4, -0.2) is 12.1 Å². The van der Waals surface area contributed by atoms with Gasteiger partial charge >= 0.3 is 5.97 Å². The highest BCUT2D eigenvalue weighted by Gasteiger charge is 2.25. The molecular weight excluding hydrogens is 336 g/mol. The van der Waals surface area contributed by atoms with Gasteiger partial charge in [-0.15, -0.1) is 22.7 Å². The first-order valence-corrected chi connectivity index (χ1v) is 11.1. The molecule has 0 N–H and O–H groups in total. The Morgan fingerprint density at radius 1 is 1.08 bits per heavy atom. The standard InChI is InChI=1S/C20H28O2S2/c1-3-5-7-14-8-10-15(11-9-14)22-20(21)19-13-18-17(24-19)12-16(23-18)6-4-2/h12-15H,3-11H2,1-2H3. The molecule has 0 saturated heterocycles. The summed E-state index contributed by atoms with van der Waals surface area (Å²) in [6, 6.07) is 4.27. The van der Waals surface area contributed by atoms with Gasteiger partial charge in [0, 0.05) is 14.3 Å². The molecule has 0 atom stereocenters. The van der Waals surface area contributed by atoms with Crippen molar-refractivity contribution in [1.82, 2.24) is 0 Å². The van der Waals surface area contributed by atoms with Crippen LogP contribution in [0.4, 0.5) is 0 Å². The monoisotopic (exact) mass is 364 g/mol. The van der Waals surface area contributed by atoms with Crippen LogP contribution in [0.3, 0.4) is 0 Å². The van der Waals surface area contributed by atoms with E-state index in [1.807, 2.05) is 17.4 Å². The fourth-order valence-corrected chi connectivity index (χ4v) is 6.00. The van der Waals surface area contributed by atoms with Crippen molar-refractivity contribution < 1.29 is 9.53 Å². The van der Waals surface area contributed by atoms with Gasteiger partial charge in [-0.25, -0.2) is 4.79 Å². The van der Waals surface area contributed by atoms with Gasteiger partial charge in [0.1, 0.15) is 11.0 Å². The van der Waals surface area contributed by atoms with Crippen molar-refractivity contribution in [1.29, 1.82) is 0 Å². The summed E-state index contributed by atoms with van der Waals surface area (Å²) in [5.74, 6) is 0.737. The Balaban J connectivity index is 1.53. The lowest BCUT2D eigenvalue weighted by molar-refractivity contribution is 0.0166. The van der Waals surface area contributed by atoms with Crippen molar-refractivity contribution in [3.05, 3.63) is 21.9 Å². The van der Waals surface area contributed by atoms with Gasteiger partial charge in [-0.1, -0.05) is 39.5 Å². The number of esters is 1. The number of rotatable bonds is 7. The van der Waals surface area contributed by atoms with Gasteiger partial charge in [0.25, 0.3) is 0 Å². The van der Waals surface area contributed by atoms with Crippen LogP contribution in [0.5, 0.6) is 0 Å². The minimum Gasteiger partial charge on any atom is -0.458 e. The number of unbranched alkanes of at least 4 members (excludes halogenated alkanes) is 1. The third-order valence-electron chi connectivity index (χ3n) is 4.99. The first-order chi connectivity index (χ1) is 11.7. The number of carbonyl (C=O) groups excluding carboxylic acids is 1. The summed E-state index contributed by atoms with van der Waals surface area (Å²) in [5.41, 5.74) is 0. The van der Waals surface area contributed by atoms with Crippen molar-refractivity contribution in [2.24, 2.45) is 5.92 Å². The molecule has 1 fully saturated rings. The van der Waals surface area contributed by atoms with Crippen LogP contribution in [0.15, 0.2) is 12.1 Å². The highest BCUT2D eigenvalue weighted by Crippen LogP contribution is 2.35. The van der Waals surface area contributed by atoms with Crippen molar-refractivity contribution >= 4 is 38.0 Å². The van der Waals surface area contributed by atoms with E-state index < -0.39 is 0 Å². The molecule has 3 rings (SSSR count). The van der Waals surface area contributed by atoms with Crippen LogP contribution in [0.2, 0.25) is 0 Å². The Morgan fingerprint density at radius 2 is 1.83 bits per heavy atom. The fourth-order valence-electron chi connectivity index (χ4n) is 3.60.